The first-order valence-corrected chi connectivity index (χ1v) is 25.7. The van der Waals surface area contributed by atoms with Crippen LogP contribution in [0.5, 0.6) is 115 Å². The van der Waals surface area contributed by atoms with Crippen molar-refractivity contribution in [2.45, 2.75) is 73.0 Å². The van der Waals surface area contributed by atoms with Crippen LogP contribution in [0.1, 0.15) is 103 Å². The van der Waals surface area contributed by atoms with Gasteiger partial charge in [0.1, 0.15) is 93.4 Å². The van der Waals surface area contributed by atoms with Crippen molar-refractivity contribution in [3.63, 3.8) is 0 Å². The average Bonchev–Trinajstić information content (AvgIpc) is 1.63. The zero-order valence-corrected chi connectivity index (χ0v) is 43.0. The highest BCUT2D eigenvalue weighted by molar-refractivity contribution is 5.73. The maximum absolute atomic E-state index is 13.0. The van der Waals surface area contributed by atoms with Crippen molar-refractivity contribution in [3.8, 4) is 115 Å². The molecule has 24 nitrogen and oxygen atoms in total. The number of ether oxygens (including phenoxy) is 4. The van der Waals surface area contributed by atoms with Gasteiger partial charge in [-0.25, -0.2) is 0 Å². The van der Waals surface area contributed by atoms with Crippen molar-refractivity contribution < 1.29 is 121 Å². The van der Waals surface area contributed by atoms with Crippen molar-refractivity contribution in [1.82, 2.24) is 0 Å². The van der Waals surface area contributed by atoms with Crippen LogP contribution >= 0.6 is 0 Å². The van der Waals surface area contributed by atoms with Crippen molar-refractivity contribution in [1.29, 1.82) is 0 Å². The number of aliphatic hydroxyl groups is 4. The molecule has 0 saturated heterocycles. The molecule has 4 aliphatic rings. The molecule has 8 aromatic rings. The first-order chi connectivity index (χ1) is 39.9. The van der Waals surface area contributed by atoms with E-state index in [1.165, 1.54) is 24.3 Å². The molecule has 0 radical (unpaired) electrons. The second kappa shape index (κ2) is 19.7. The van der Waals surface area contributed by atoms with Gasteiger partial charge >= 0.3 is 0 Å². The SMILES string of the molecule is Oc1cc(O)c2c(c1)O[C@H](c1ccc(O)c(O)c1)[C@H](O)[C@@H]2c1c(O)cc2c(c1O)[C@H](c1c(O)cc(O)c3c1O[C@H](c1ccc(O)c(O)c1)[C@H](O)[C@H]3c1c(O)cc3c(c1O)C[C@@H](O)[C@@H](c1ccc(O)c(O)c1)O3)[C@H](O)[C@H](c1ccc(O)c(O)c1)O2. The minimum absolute atomic E-state index is 0.00462. The highest BCUT2D eigenvalue weighted by Crippen LogP contribution is 2.64. The maximum Gasteiger partial charge on any atom is 0.157 e. The second-order valence-electron chi connectivity index (χ2n) is 21.0. The Morgan fingerprint density at radius 1 is 0.286 bits per heavy atom. The molecule has 20 N–H and O–H groups in total. The van der Waals surface area contributed by atoms with Gasteiger partial charge in [0.25, 0.3) is 0 Å². The number of aliphatic hydroxyl groups excluding tert-OH is 4. The van der Waals surface area contributed by atoms with E-state index in [1.807, 2.05) is 0 Å². The molecule has 4 heterocycles. The third-order valence-electron chi connectivity index (χ3n) is 16.0. The van der Waals surface area contributed by atoms with E-state index in [2.05, 4.69) is 0 Å². The molecule has 0 spiro atoms. The van der Waals surface area contributed by atoms with Gasteiger partial charge < -0.3 is 121 Å². The number of phenolic OH excluding ortho intramolecular Hbond substituents is 16. The summed E-state index contributed by atoms with van der Waals surface area (Å²) in [5.74, 6) is -18.9. The normalized spacial score (nSPS) is 24.0. The number of fused-ring (bicyclic) bond motifs is 4. The van der Waals surface area contributed by atoms with E-state index in [4.69, 9.17) is 18.9 Å². The number of phenols is 16. The molecule has 434 valence electrons. The standard InChI is InChI=1S/C60H50O24/c61-23-13-33(70)42-40(14-23)82-57(20-2-6-26(63)30(67)10-20)53(78)48(42)44-37(74)18-41-47(52(44)77)50(55(80)58(83-41)21-3-7-27(64)31(68)11-21)46-35(72)16-34(71)45-49(54(79)59(84-60(45)46)22-4-8-28(65)32(69)12-22)43-36(73)17-39-24(51(43)76)15-38(75)56(81-39)19-1-5-25(62)29(66)9-19/h1-14,16-18,38,48-50,53-59,61-80H,15H2/t38-,48+,49+,50+,53-,54-,55+,56-,57-,58+,59-/m1/s1. The minimum Gasteiger partial charge on any atom is -0.508 e. The summed E-state index contributed by atoms with van der Waals surface area (Å²) in [5.41, 5.74) is -3.37. The van der Waals surface area contributed by atoms with Crippen molar-refractivity contribution >= 4 is 0 Å². The first-order valence-electron chi connectivity index (χ1n) is 25.7. The summed E-state index contributed by atoms with van der Waals surface area (Å²) >= 11 is 0. The highest BCUT2D eigenvalue weighted by atomic mass is 16.5. The molecule has 12 rings (SSSR count). The van der Waals surface area contributed by atoms with Gasteiger partial charge in [-0.05, 0) is 70.8 Å². The molecule has 0 bridgehead atoms. The van der Waals surface area contributed by atoms with E-state index in [0.29, 0.717) is 0 Å². The van der Waals surface area contributed by atoms with Gasteiger partial charge in [0.15, 0.2) is 64.3 Å². The molecule has 0 aliphatic carbocycles. The van der Waals surface area contributed by atoms with Crippen LogP contribution < -0.4 is 18.9 Å². The molecule has 0 saturated carbocycles. The van der Waals surface area contributed by atoms with Crippen LogP contribution in [0.2, 0.25) is 0 Å². The van der Waals surface area contributed by atoms with Crippen LogP contribution in [0.15, 0.2) is 103 Å². The van der Waals surface area contributed by atoms with E-state index in [1.54, 1.807) is 0 Å². The van der Waals surface area contributed by atoms with E-state index in [9.17, 15) is 102 Å². The van der Waals surface area contributed by atoms with Crippen LogP contribution in [0.3, 0.4) is 0 Å². The van der Waals surface area contributed by atoms with Gasteiger partial charge in [-0.2, -0.15) is 0 Å². The minimum atomic E-state index is -2.15. The molecule has 0 unspecified atom stereocenters. The van der Waals surface area contributed by atoms with Crippen LogP contribution in [0.25, 0.3) is 0 Å². The fourth-order valence-corrected chi connectivity index (χ4v) is 12.1. The Labute approximate surface area is 472 Å². The zero-order chi connectivity index (χ0) is 59.8. The molecule has 0 aromatic heterocycles. The summed E-state index contributed by atoms with van der Waals surface area (Å²) < 4.78 is 25.1. The summed E-state index contributed by atoms with van der Waals surface area (Å²) in [6, 6.07) is 18.2. The lowest BCUT2D eigenvalue weighted by Gasteiger charge is -2.43. The molecule has 8 aromatic carbocycles. The molecule has 4 aliphatic heterocycles. The number of hydrogen-bond donors (Lipinski definition) is 20. The quantitative estimate of drug-likeness (QED) is 0.0827. The third kappa shape index (κ3) is 8.44. The van der Waals surface area contributed by atoms with E-state index < -0.39 is 204 Å². The summed E-state index contributed by atoms with van der Waals surface area (Å²) in [4.78, 5) is 0. The summed E-state index contributed by atoms with van der Waals surface area (Å²) in [5, 5.41) is 229. The van der Waals surface area contributed by atoms with Gasteiger partial charge in [-0.3, -0.25) is 0 Å². The molecule has 11 atom stereocenters. The van der Waals surface area contributed by atoms with E-state index in [-0.39, 0.29) is 44.9 Å². The van der Waals surface area contributed by atoms with Crippen LogP contribution in [0.4, 0.5) is 0 Å². The molecule has 0 amide bonds. The lowest BCUT2D eigenvalue weighted by molar-refractivity contribution is -0.00429. The van der Waals surface area contributed by atoms with Crippen LogP contribution in [-0.4, -0.2) is 127 Å². The summed E-state index contributed by atoms with van der Waals surface area (Å²) in [7, 11) is 0. The number of benzene rings is 8. The van der Waals surface area contributed by atoms with Crippen molar-refractivity contribution in [2.75, 3.05) is 0 Å². The van der Waals surface area contributed by atoms with Gasteiger partial charge in [-0.15, -0.1) is 0 Å². The van der Waals surface area contributed by atoms with Gasteiger partial charge in [0, 0.05) is 75.7 Å². The van der Waals surface area contributed by atoms with Crippen molar-refractivity contribution in [3.05, 3.63) is 164 Å². The lowest BCUT2D eigenvalue weighted by atomic mass is 9.72. The molecular weight excluding hydrogens is 1100 g/mol. The Hall–Kier alpha value is -10.4. The zero-order valence-electron chi connectivity index (χ0n) is 43.0. The average molecular weight is 1160 g/mol. The maximum atomic E-state index is 13.0. The Balaban J connectivity index is 1.10. The smallest absolute Gasteiger partial charge is 0.157 e. The molecule has 0 fully saturated rings. The Bertz CT molecular complexity index is 4030. The Morgan fingerprint density at radius 3 is 1.11 bits per heavy atom. The van der Waals surface area contributed by atoms with Crippen LogP contribution in [0, 0.1) is 0 Å². The predicted molar refractivity (Wildman–Crippen MR) is 285 cm³/mol. The van der Waals surface area contributed by atoms with Gasteiger partial charge in [0.2, 0.25) is 0 Å². The lowest BCUT2D eigenvalue weighted by Crippen LogP contribution is -2.39. The fraction of sp³-hybridized carbons (Fsp3) is 0.200. The molecular formula is C60H50O24. The van der Waals surface area contributed by atoms with Crippen molar-refractivity contribution in [2.24, 2.45) is 0 Å². The van der Waals surface area contributed by atoms with E-state index in [0.717, 1.165) is 78.9 Å². The number of hydrogen-bond acceptors (Lipinski definition) is 24. The topological polar surface area (TPSA) is 442 Å². The monoisotopic (exact) mass is 1150 g/mol. The van der Waals surface area contributed by atoms with Gasteiger partial charge in [0.05, 0.1) is 23.9 Å². The first kappa shape index (κ1) is 54.2. The van der Waals surface area contributed by atoms with Gasteiger partial charge in [-0.1, -0.05) is 24.3 Å². The fourth-order valence-electron chi connectivity index (χ4n) is 12.1. The number of rotatable bonds is 7. The second-order valence-corrected chi connectivity index (χ2v) is 21.0. The summed E-state index contributed by atoms with van der Waals surface area (Å²) in [6.07, 6.45) is -14.5. The molecule has 24 heteroatoms. The Kier molecular flexibility index (Phi) is 12.7. The number of aromatic hydroxyl groups is 16. The predicted octanol–water partition coefficient (Wildman–Crippen LogP) is 5.89. The molecule has 84 heavy (non-hydrogen) atoms. The van der Waals surface area contributed by atoms with E-state index >= 15 is 0 Å². The third-order valence-corrected chi connectivity index (χ3v) is 16.0. The largest absolute Gasteiger partial charge is 0.508 e. The Morgan fingerprint density at radius 2 is 0.643 bits per heavy atom. The highest BCUT2D eigenvalue weighted by Gasteiger charge is 2.52. The van der Waals surface area contributed by atoms with Crippen LogP contribution in [-0.2, 0) is 6.42 Å². The summed E-state index contributed by atoms with van der Waals surface area (Å²) in [6.45, 7) is 0.